The summed E-state index contributed by atoms with van der Waals surface area (Å²) in [5.74, 6) is -0.344. The molecule has 1 heterocycles. The molecule has 9 heteroatoms. The summed E-state index contributed by atoms with van der Waals surface area (Å²) in [6, 6.07) is 4.09. The minimum Gasteiger partial charge on any atom is -0.464 e. The van der Waals surface area contributed by atoms with E-state index in [9.17, 15) is 13.2 Å². The Kier molecular flexibility index (Phi) is 4.38. The molecule has 1 aromatic rings. The number of sulfonamides is 1. The lowest BCUT2D eigenvalue weighted by Crippen LogP contribution is -2.41. The standard InChI is InChI=1S/C12H14ClN3O4S/c1-7(6-20-8(2)17)14-12-15-10-4-3-9(13)5-11(10)21(18,19)16-12/h3-5,7H,6H2,1-2H3,(H2,14,15,16). The number of halogens is 1. The third-order valence-corrected chi connectivity index (χ3v) is 4.21. The van der Waals surface area contributed by atoms with Crippen molar-refractivity contribution in [2.45, 2.75) is 24.8 Å². The molecule has 0 aliphatic carbocycles. The van der Waals surface area contributed by atoms with Crippen LogP contribution in [0.4, 0.5) is 5.69 Å². The molecule has 1 aliphatic heterocycles. The molecular formula is C12H14ClN3O4S. The van der Waals surface area contributed by atoms with Crippen LogP contribution >= 0.6 is 11.6 Å². The van der Waals surface area contributed by atoms with Gasteiger partial charge in [-0.3, -0.25) is 4.79 Å². The smallest absolute Gasteiger partial charge is 0.302 e. The summed E-state index contributed by atoms with van der Waals surface area (Å²) in [7, 11) is -3.73. The fourth-order valence-electron chi connectivity index (χ4n) is 1.71. The van der Waals surface area contributed by atoms with Crippen LogP contribution in [0, 0.1) is 0 Å². The zero-order chi connectivity index (χ0) is 15.6. The summed E-state index contributed by atoms with van der Waals surface area (Å²) in [5, 5.41) is 3.18. The lowest BCUT2D eigenvalue weighted by molar-refractivity contribution is -0.141. The summed E-state index contributed by atoms with van der Waals surface area (Å²) < 4.78 is 31.3. The molecule has 2 N–H and O–H groups in total. The molecule has 0 bridgehead atoms. The number of nitrogens with one attached hydrogen (secondary N) is 2. The molecule has 1 aliphatic rings. The van der Waals surface area contributed by atoms with Gasteiger partial charge in [-0.25, -0.2) is 18.1 Å². The number of nitrogens with zero attached hydrogens (tertiary/aromatic N) is 1. The Bertz CT molecular complexity index is 702. The van der Waals surface area contributed by atoms with E-state index >= 15 is 0 Å². The highest BCUT2D eigenvalue weighted by Crippen LogP contribution is 2.27. The number of rotatable bonds is 3. The number of benzene rings is 1. The van der Waals surface area contributed by atoms with Gasteiger partial charge in [0.15, 0.2) is 0 Å². The number of fused-ring (bicyclic) bond motifs is 1. The number of hydrogen-bond donors (Lipinski definition) is 2. The first-order valence-corrected chi connectivity index (χ1v) is 7.94. The molecule has 0 radical (unpaired) electrons. The normalized spacial score (nSPS) is 19.1. The van der Waals surface area contributed by atoms with E-state index in [0.29, 0.717) is 10.7 Å². The van der Waals surface area contributed by atoms with Crippen LogP contribution in [0.15, 0.2) is 28.1 Å². The fourth-order valence-corrected chi connectivity index (χ4v) is 3.11. The van der Waals surface area contributed by atoms with Crippen LogP contribution in [0.25, 0.3) is 0 Å². The second-order valence-electron chi connectivity index (χ2n) is 4.50. The molecule has 2 rings (SSSR count). The van der Waals surface area contributed by atoms with Gasteiger partial charge in [0.25, 0.3) is 10.0 Å². The van der Waals surface area contributed by atoms with Crippen molar-refractivity contribution >= 4 is 39.2 Å². The monoisotopic (exact) mass is 331 g/mol. The summed E-state index contributed by atoms with van der Waals surface area (Å²) >= 11 is 5.80. The lowest BCUT2D eigenvalue weighted by atomic mass is 10.3. The summed E-state index contributed by atoms with van der Waals surface area (Å²) in [6.45, 7) is 3.06. The van der Waals surface area contributed by atoms with Gasteiger partial charge in [-0.1, -0.05) is 11.6 Å². The Morgan fingerprint density at radius 1 is 1.48 bits per heavy atom. The average Bonchev–Trinajstić information content (AvgIpc) is 2.37. The fraction of sp³-hybridized carbons (Fsp3) is 0.333. The van der Waals surface area contributed by atoms with Gasteiger partial charge in [0.2, 0.25) is 5.96 Å². The van der Waals surface area contributed by atoms with Gasteiger partial charge in [0.1, 0.15) is 11.5 Å². The summed E-state index contributed by atoms with van der Waals surface area (Å²) in [5.41, 5.74) is 0.386. The zero-order valence-corrected chi connectivity index (χ0v) is 13.0. The molecule has 0 fully saturated rings. The van der Waals surface area contributed by atoms with Gasteiger partial charge in [-0.05, 0) is 25.1 Å². The van der Waals surface area contributed by atoms with E-state index in [4.69, 9.17) is 16.3 Å². The number of hydrogen-bond acceptors (Lipinski definition) is 5. The zero-order valence-electron chi connectivity index (χ0n) is 11.4. The van der Waals surface area contributed by atoms with E-state index in [1.165, 1.54) is 13.0 Å². The first-order chi connectivity index (χ1) is 9.78. The van der Waals surface area contributed by atoms with Gasteiger partial charge in [0.05, 0.1) is 11.7 Å². The third kappa shape index (κ3) is 3.85. The SMILES string of the molecule is CC(=O)OCC(C)N=C1Nc2ccc(Cl)cc2S(=O)(=O)N1. The van der Waals surface area contributed by atoms with Crippen LogP contribution in [-0.2, 0) is 19.6 Å². The van der Waals surface area contributed by atoms with Crippen molar-refractivity contribution in [1.29, 1.82) is 0 Å². The Hall–Kier alpha value is -1.80. The number of guanidine groups is 1. The Morgan fingerprint density at radius 3 is 2.86 bits per heavy atom. The molecular weight excluding hydrogens is 318 g/mol. The molecule has 1 aromatic carbocycles. The molecule has 1 unspecified atom stereocenters. The van der Waals surface area contributed by atoms with E-state index in [-0.39, 0.29) is 17.5 Å². The van der Waals surface area contributed by atoms with Crippen LogP contribution in [0.1, 0.15) is 13.8 Å². The van der Waals surface area contributed by atoms with Gasteiger partial charge < -0.3 is 10.1 Å². The quantitative estimate of drug-likeness (QED) is 0.815. The third-order valence-electron chi connectivity index (χ3n) is 2.59. The second kappa shape index (κ2) is 5.90. The highest BCUT2D eigenvalue weighted by atomic mass is 35.5. The van der Waals surface area contributed by atoms with Crippen molar-refractivity contribution in [3.8, 4) is 0 Å². The van der Waals surface area contributed by atoms with Crippen LogP contribution in [0.3, 0.4) is 0 Å². The first-order valence-electron chi connectivity index (χ1n) is 6.08. The molecule has 0 aromatic heterocycles. The number of esters is 1. The number of carbonyl (C=O) groups excluding carboxylic acids is 1. The van der Waals surface area contributed by atoms with Crippen molar-refractivity contribution in [3.05, 3.63) is 23.2 Å². The lowest BCUT2D eigenvalue weighted by Gasteiger charge is -2.22. The van der Waals surface area contributed by atoms with E-state index in [1.807, 2.05) is 0 Å². The van der Waals surface area contributed by atoms with Crippen molar-refractivity contribution in [2.24, 2.45) is 4.99 Å². The maximum Gasteiger partial charge on any atom is 0.302 e. The van der Waals surface area contributed by atoms with E-state index < -0.39 is 22.0 Å². The topological polar surface area (TPSA) is 96.9 Å². The molecule has 114 valence electrons. The van der Waals surface area contributed by atoms with Gasteiger partial charge in [0, 0.05) is 11.9 Å². The maximum atomic E-state index is 12.1. The van der Waals surface area contributed by atoms with Gasteiger partial charge in [-0.15, -0.1) is 0 Å². The van der Waals surface area contributed by atoms with Crippen molar-refractivity contribution < 1.29 is 17.9 Å². The first kappa shape index (κ1) is 15.6. The van der Waals surface area contributed by atoms with Gasteiger partial charge in [-0.2, -0.15) is 0 Å². The predicted octanol–water partition coefficient (Wildman–Crippen LogP) is 1.35. The molecule has 0 amide bonds. The molecule has 7 nitrogen and oxygen atoms in total. The summed E-state index contributed by atoms with van der Waals surface area (Å²) in [6.07, 6.45) is 0. The van der Waals surface area contributed by atoms with Crippen LogP contribution in [0.5, 0.6) is 0 Å². The van der Waals surface area contributed by atoms with Crippen molar-refractivity contribution in [2.75, 3.05) is 11.9 Å². The van der Waals surface area contributed by atoms with Crippen molar-refractivity contribution in [1.82, 2.24) is 4.72 Å². The van der Waals surface area contributed by atoms with E-state index in [2.05, 4.69) is 15.0 Å². The van der Waals surface area contributed by atoms with E-state index in [0.717, 1.165) is 0 Å². The second-order valence-corrected chi connectivity index (χ2v) is 6.59. The summed E-state index contributed by atoms with van der Waals surface area (Å²) in [4.78, 5) is 14.9. The number of anilines is 1. The van der Waals surface area contributed by atoms with Crippen LogP contribution in [-0.4, -0.2) is 33.0 Å². The molecule has 0 spiro atoms. The Labute approximate surface area is 127 Å². The highest BCUT2D eigenvalue weighted by Gasteiger charge is 2.27. The minimum atomic E-state index is -3.73. The number of ether oxygens (including phenoxy) is 1. The van der Waals surface area contributed by atoms with Gasteiger partial charge >= 0.3 is 5.97 Å². The average molecular weight is 332 g/mol. The largest absolute Gasteiger partial charge is 0.464 e. The van der Waals surface area contributed by atoms with E-state index in [1.54, 1.807) is 19.1 Å². The Morgan fingerprint density at radius 2 is 2.19 bits per heavy atom. The number of carbonyl (C=O) groups is 1. The Balaban J connectivity index is 2.23. The maximum absolute atomic E-state index is 12.1. The molecule has 0 saturated heterocycles. The van der Waals surface area contributed by atoms with Crippen LogP contribution < -0.4 is 10.0 Å². The molecule has 1 atom stereocenters. The molecule has 0 saturated carbocycles. The van der Waals surface area contributed by atoms with Crippen molar-refractivity contribution in [3.63, 3.8) is 0 Å². The van der Waals surface area contributed by atoms with Crippen LogP contribution in [0.2, 0.25) is 5.02 Å². The minimum absolute atomic E-state index is 0.0570. The highest BCUT2D eigenvalue weighted by molar-refractivity contribution is 7.90. The molecule has 21 heavy (non-hydrogen) atoms. The predicted molar refractivity (Wildman–Crippen MR) is 78.9 cm³/mol. The number of aliphatic imine (C=N–C) groups is 1.